The minimum Gasteiger partial charge on any atom is -0.489 e. The van der Waals surface area contributed by atoms with Crippen LogP contribution in [-0.2, 0) is 13.0 Å². The van der Waals surface area contributed by atoms with Crippen molar-refractivity contribution in [3.63, 3.8) is 0 Å². The Bertz CT molecular complexity index is 1200. The molecule has 1 aromatic heterocycles. The van der Waals surface area contributed by atoms with Gasteiger partial charge in [-0.25, -0.2) is 0 Å². The number of furan rings is 1. The number of hydrogen-bond donors (Lipinski definition) is 2. The zero-order chi connectivity index (χ0) is 22.9. The fourth-order valence-electron chi connectivity index (χ4n) is 3.36. The molecule has 0 aliphatic carbocycles. The second-order valence-electron chi connectivity index (χ2n) is 7.37. The quantitative estimate of drug-likeness (QED) is 0.380. The van der Waals surface area contributed by atoms with Gasteiger partial charge in [-0.2, -0.15) is 0 Å². The summed E-state index contributed by atoms with van der Waals surface area (Å²) in [6, 6.07) is 27.8. The Hall–Kier alpha value is -4.32. The molecule has 0 fully saturated rings. The molecule has 4 aromatic rings. The van der Waals surface area contributed by atoms with Gasteiger partial charge >= 0.3 is 0 Å². The standard InChI is InChI=1S/C27H24N2O4/c30-26(28-17-15-20-9-3-1-4-10-20)23-13-7-8-14-24(23)29-27(31)25-21(16-18-32-25)19-33-22-11-5-2-6-12-22/h1-14,16,18H,15,17,19H2,(H,28,30)(H,29,31). The van der Waals surface area contributed by atoms with Crippen LogP contribution in [-0.4, -0.2) is 18.4 Å². The van der Waals surface area contributed by atoms with Gasteiger partial charge in [0.05, 0.1) is 17.5 Å². The lowest BCUT2D eigenvalue weighted by molar-refractivity contribution is 0.0955. The van der Waals surface area contributed by atoms with Crippen LogP contribution in [0.4, 0.5) is 5.69 Å². The first-order valence-corrected chi connectivity index (χ1v) is 10.7. The molecule has 33 heavy (non-hydrogen) atoms. The molecule has 3 aromatic carbocycles. The third-order valence-corrected chi connectivity index (χ3v) is 5.05. The summed E-state index contributed by atoms with van der Waals surface area (Å²) in [4.78, 5) is 25.6. The molecule has 0 bridgehead atoms. The van der Waals surface area contributed by atoms with Crippen LogP contribution in [0.25, 0.3) is 0 Å². The van der Waals surface area contributed by atoms with Crippen molar-refractivity contribution in [2.75, 3.05) is 11.9 Å². The minimum absolute atomic E-state index is 0.144. The van der Waals surface area contributed by atoms with Crippen molar-refractivity contribution in [2.24, 2.45) is 0 Å². The van der Waals surface area contributed by atoms with Crippen molar-refractivity contribution in [2.45, 2.75) is 13.0 Å². The van der Waals surface area contributed by atoms with Crippen molar-refractivity contribution in [3.05, 3.63) is 120 Å². The van der Waals surface area contributed by atoms with Gasteiger partial charge in [-0.05, 0) is 42.3 Å². The largest absolute Gasteiger partial charge is 0.489 e. The monoisotopic (exact) mass is 440 g/mol. The summed E-state index contributed by atoms with van der Waals surface area (Å²) in [5, 5.41) is 5.70. The number of amides is 2. The molecule has 1 heterocycles. The normalized spacial score (nSPS) is 10.4. The number of hydrogen-bond acceptors (Lipinski definition) is 4. The van der Waals surface area contributed by atoms with E-state index < -0.39 is 5.91 Å². The summed E-state index contributed by atoms with van der Waals surface area (Å²) in [5.74, 6) is 0.137. The van der Waals surface area contributed by atoms with Crippen LogP contribution in [0.1, 0.15) is 32.0 Å². The molecule has 0 spiro atoms. The zero-order valence-electron chi connectivity index (χ0n) is 18.0. The summed E-state index contributed by atoms with van der Waals surface area (Å²) in [5.41, 5.74) is 2.54. The molecule has 6 nitrogen and oxygen atoms in total. The maximum absolute atomic E-state index is 12.9. The number of anilines is 1. The summed E-state index contributed by atoms with van der Waals surface area (Å²) >= 11 is 0. The van der Waals surface area contributed by atoms with Crippen LogP contribution in [0.15, 0.2) is 102 Å². The maximum Gasteiger partial charge on any atom is 0.291 e. The molecule has 0 aliphatic heterocycles. The number of carbonyl (C=O) groups is 2. The SMILES string of the molecule is O=C(NCCc1ccccc1)c1ccccc1NC(=O)c1occc1COc1ccccc1. The highest BCUT2D eigenvalue weighted by Gasteiger charge is 2.19. The molecule has 2 amide bonds. The summed E-state index contributed by atoms with van der Waals surface area (Å²) < 4.78 is 11.1. The van der Waals surface area contributed by atoms with Gasteiger partial charge in [-0.3, -0.25) is 9.59 Å². The second kappa shape index (κ2) is 10.8. The van der Waals surface area contributed by atoms with Gasteiger partial charge < -0.3 is 19.8 Å². The van der Waals surface area contributed by atoms with Gasteiger partial charge in [0, 0.05) is 12.1 Å². The third kappa shape index (κ3) is 5.89. The van der Waals surface area contributed by atoms with E-state index in [1.54, 1.807) is 30.3 Å². The van der Waals surface area contributed by atoms with Gasteiger partial charge in [0.15, 0.2) is 5.76 Å². The first-order valence-electron chi connectivity index (χ1n) is 10.7. The average Bonchev–Trinajstić information content (AvgIpc) is 3.33. The lowest BCUT2D eigenvalue weighted by atomic mass is 10.1. The van der Waals surface area contributed by atoms with E-state index in [-0.39, 0.29) is 18.3 Å². The molecule has 0 saturated carbocycles. The molecular formula is C27H24N2O4. The molecule has 0 radical (unpaired) electrons. The number of nitrogens with one attached hydrogen (secondary N) is 2. The predicted molar refractivity (Wildman–Crippen MR) is 126 cm³/mol. The molecule has 0 unspecified atom stereocenters. The van der Waals surface area contributed by atoms with Gasteiger partial charge in [-0.1, -0.05) is 60.7 Å². The van der Waals surface area contributed by atoms with E-state index in [9.17, 15) is 9.59 Å². The van der Waals surface area contributed by atoms with Crippen molar-refractivity contribution >= 4 is 17.5 Å². The van der Waals surface area contributed by atoms with Crippen molar-refractivity contribution in [3.8, 4) is 5.75 Å². The molecule has 6 heteroatoms. The Labute approximate surface area is 192 Å². The lowest BCUT2D eigenvalue weighted by Gasteiger charge is -2.12. The van der Waals surface area contributed by atoms with Crippen LogP contribution in [0.3, 0.4) is 0 Å². The highest BCUT2D eigenvalue weighted by molar-refractivity contribution is 6.08. The van der Waals surface area contributed by atoms with E-state index in [0.29, 0.717) is 29.1 Å². The molecule has 4 rings (SSSR count). The van der Waals surface area contributed by atoms with Crippen LogP contribution in [0.5, 0.6) is 5.75 Å². The number of benzene rings is 3. The first-order chi connectivity index (χ1) is 16.2. The van der Waals surface area contributed by atoms with E-state index in [4.69, 9.17) is 9.15 Å². The van der Waals surface area contributed by atoms with Gasteiger partial charge in [0.2, 0.25) is 0 Å². The molecule has 0 aliphatic rings. The van der Waals surface area contributed by atoms with Crippen molar-refractivity contribution in [1.29, 1.82) is 0 Å². The summed E-state index contributed by atoms with van der Waals surface area (Å²) in [6.45, 7) is 0.676. The number of para-hydroxylation sites is 2. The number of ether oxygens (including phenoxy) is 1. The number of rotatable bonds is 9. The van der Waals surface area contributed by atoms with Gasteiger partial charge in [0.1, 0.15) is 12.4 Å². The fourth-order valence-corrected chi connectivity index (χ4v) is 3.36. The Morgan fingerprint density at radius 2 is 1.48 bits per heavy atom. The zero-order valence-corrected chi connectivity index (χ0v) is 18.0. The van der Waals surface area contributed by atoms with Gasteiger partial charge in [0.25, 0.3) is 11.8 Å². The third-order valence-electron chi connectivity index (χ3n) is 5.05. The summed E-state index contributed by atoms with van der Waals surface area (Å²) in [6.07, 6.45) is 2.17. The van der Waals surface area contributed by atoms with Crippen LogP contribution >= 0.6 is 0 Å². The first kappa shape index (κ1) is 21.9. The van der Waals surface area contributed by atoms with E-state index in [0.717, 1.165) is 12.0 Å². The Balaban J connectivity index is 1.39. The highest BCUT2D eigenvalue weighted by atomic mass is 16.5. The van der Waals surface area contributed by atoms with Crippen LogP contribution in [0.2, 0.25) is 0 Å². The van der Waals surface area contributed by atoms with E-state index in [2.05, 4.69) is 10.6 Å². The van der Waals surface area contributed by atoms with E-state index in [1.165, 1.54) is 6.26 Å². The fraction of sp³-hybridized carbons (Fsp3) is 0.111. The summed E-state index contributed by atoms with van der Waals surface area (Å²) in [7, 11) is 0. The van der Waals surface area contributed by atoms with Crippen molar-refractivity contribution in [1.82, 2.24) is 5.32 Å². The van der Waals surface area contributed by atoms with Crippen LogP contribution in [0, 0.1) is 0 Å². The topological polar surface area (TPSA) is 80.6 Å². The Kier molecular flexibility index (Phi) is 7.18. The van der Waals surface area contributed by atoms with Crippen molar-refractivity contribution < 1.29 is 18.7 Å². The van der Waals surface area contributed by atoms with Crippen LogP contribution < -0.4 is 15.4 Å². The maximum atomic E-state index is 12.9. The lowest BCUT2D eigenvalue weighted by Crippen LogP contribution is -2.27. The predicted octanol–water partition coefficient (Wildman–Crippen LogP) is 5.08. The van der Waals surface area contributed by atoms with Gasteiger partial charge in [-0.15, -0.1) is 0 Å². The van der Waals surface area contributed by atoms with E-state index >= 15 is 0 Å². The average molecular weight is 440 g/mol. The number of carbonyl (C=O) groups excluding carboxylic acids is 2. The molecule has 0 atom stereocenters. The highest BCUT2D eigenvalue weighted by Crippen LogP contribution is 2.20. The molecule has 166 valence electrons. The molecular weight excluding hydrogens is 416 g/mol. The van der Waals surface area contributed by atoms with E-state index in [1.807, 2.05) is 60.7 Å². The molecule has 0 saturated heterocycles. The minimum atomic E-state index is -0.448. The Morgan fingerprint density at radius 3 is 2.27 bits per heavy atom. The Morgan fingerprint density at radius 1 is 0.788 bits per heavy atom. The molecule has 2 N–H and O–H groups in total. The second-order valence-corrected chi connectivity index (χ2v) is 7.37. The smallest absolute Gasteiger partial charge is 0.291 e.